The Morgan fingerprint density at radius 2 is 1.81 bits per heavy atom. The number of rotatable bonds is 0. The Morgan fingerprint density at radius 1 is 1.06 bits per heavy atom. The summed E-state index contributed by atoms with van der Waals surface area (Å²) in [7, 11) is 0.201. The number of fused-ring (bicyclic) bond motifs is 3. The highest BCUT2D eigenvalue weighted by Gasteiger charge is 2.16. The summed E-state index contributed by atoms with van der Waals surface area (Å²) in [6.45, 7) is 2.12. The number of aryl methyl sites for hydroxylation is 2. The molecule has 0 saturated heterocycles. The van der Waals surface area contributed by atoms with Gasteiger partial charge in [-0.1, -0.05) is 24.3 Å². The van der Waals surface area contributed by atoms with E-state index in [-0.39, 0.29) is 34.4 Å². The molecule has 1 unspecified atom stereocenters. The third-order valence-electron chi connectivity index (χ3n) is 2.91. The molecule has 3 rings (SSSR count). The molecular formula is C13H12INS. The molecule has 0 N–H and O–H groups in total. The van der Waals surface area contributed by atoms with Crippen molar-refractivity contribution in [3.8, 4) is 0 Å². The fraction of sp³-hybridized carbons (Fsp3) is 0.154. The van der Waals surface area contributed by atoms with E-state index in [1.807, 2.05) is 0 Å². The molecule has 0 spiro atoms. The van der Waals surface area contributed by atoms with E-state index < -0.39 is 0 Å². The summed E-state index contributed by atoms with van der Waals surface area (Å²) in [5.74, 6) is 0. The van der Waals surface area contributed by atoms with Gasteiger partial charge < -0.3 is 24.0 Å². The van der Waals surface area contributed by atoms with Crippen LogP contribution in [0.25, 0.3) is 21.0 Å². The molecule has 0 bridgehead atoms. The van der Waals surface area contributed by atoms with E-state index in [0.29, 0.717) is 0 Å². The summed E-state index contributed by atoms with van der Waals surface area (Å²) >= 11 is 0. The quantitative estimate of drug-likeness (QED) is 0.439. The van der Waals surface area contributed by atoms with Crippen LogP contribution in [0.2, 0.25) is 0 Å². The Morgan fingerprint density at radius 3 is 2.62 bits per heavy atom. The minimum absolute atomic E-state index is 0. The molecule has 0 amide bonds. The molecule has 0 aliphatic heterocycles. The van der Waals surface area contributed by atoms with Crippen LogP contribution in [-0.2, 0) is 6.26 Å². The van der Waals surface area contributed by atoms with Crippen molar-refractivity contribution in [2.45, 2.75) is 6.92 Å². The highest BCUT2D eigenvalue weighted by Crippen LogP contribution is 2.34. The predicted molar refractivity (Wildman–Crippen MR) is 67.4 cm³/mol. The molecule has 0 saturated carbocycles. The summed E-state index contributed by atoms with van der Waals surface area (Å²) in [5, 5.41) is 3.82. The maximum absolute atomic E-state index is 4.69. The van der Waals surface area contributed by atoms with Crippen molar-refractivity contribution in [1.82, 2.24) is 4.98 Å². The second-order valence-electron chi connectivity index (χ2n) is 3.77. The smallest absolute Gasteiger partial charge is 0.239 e. The van der Waals surface area contributed by atoms with Gasteiger partial charge >= 0.3 is 0 Å². The molecule has 0 radical (unpaired) electrons. The second kappa shape index (κ2) is 4.30. The fourth-order valence-electron chi connectivity index (χ4n) is 1.98. The zero-order valence-electron chi connectivity index (χ0n) is 9.20. The average molecular weight is 341 g/mol. The maximum Gasteiger partial charge on any atom is 0.239 e. The van der Waals surface area contributed by atoms with Gasteiger partial charge in [0.2, 0.25) is 9.71 Å². The first-order valence-electron chi connectivity index (χ1n) is 5.00. The second-order valence-corrected chi connectivity index (χ2v) is 5.83. The van der Waals surface area contributed by atoms with Crippen molar-refractivity contribution in [3.63, 3.8) is 0 Å². The van der Waals surface area contributed by atoms with Gasteiger partial charge in [-0.3, -0.25) is 0 Å². The Kier molecular flexibility index (Phi) is 3.17. The van der Waals surface area contributed by atoms with Crippen LogP contribution in [0.1, 0.15) is 5.01 Å². The number of halogens is 1. The average Bonchev–Trinajstić information content (AvgIpc) is 2.56. The van der Waals surface area contributed by atoms with Crippen molar-refractivity contribution in [1.29, 1.82) is 0 Å². The van der Waals surface area contributed by atoms with E-state index >= 15 is 0 Å². The summed E-state index contributed by atoms with van der Waals surface area (Å²) in [4.78, 5) is 4.69. The van der Waals surface area contributed by atoms with Crippen LogP contribution in [0.4, 0.5) is 0 Å². The SMILES string of the molecule is Cc1nc2c3ccccc3ccc2[s+]1C.[I-]. The first-order chi connectivity index (χ1) is 7.27. The molecule has 0 aliphatic rings. The molecule has 3 aromatic rings. The largest absolute Gasteiger partial charge is 1.00 e. The number of aromatic nitrogens is 1. The first kappa shape index (κ1) is 11.8. The third kappa shape index (κ3) is 1.62. The van der Waals surface area contributed by atoms with Crippen LogP contribution in [0, 0.1) is 6.92 Å². The number of benzene rings is 2. The third-order valence-corrected chi connectivity index (χ3v) is 4.87. The lowest BCUT2D eigenvalue weighted by atomic mass is 10.1. The molecule has 1 atom stereocenters. The van der Waals surface area contributed by atoms with Gasteiger partial charge in [0.25, 0.3) is 0 Å². The lowest BCUT2D eigenvalue weighted by Gasteiger charge is -1.94. The van der Waals surface area contributed by atoms with E-state index in [9.17, 15) is 0 Å². The standard InChI is InChI=1S/C13H12NS.HI/c1-9-14-13-11-6-4-3-5-10(11)7-8-12(13)15(9)2;/h3-8H,1-2H3;1H/q+1;/p-1. The van der Waals surface area contributed by atoms with Crippen molar-refractivity contribution < 1.29 is 24.0 Å². The molecule has 16 heavy (non-hydrogen) atoms. The molecular weight excluding hydrogens is 329 g/mol. The van der Waals surface area contributed by atoms with E-state index in [2.05, 4.69) is 49.6 Å². The van der Waals surface area contributed by atoms with Crippen LogP contribution in [0.5, 0.6) is 0 Å². The van der Waals surface area contributed by atoms with Gasteiger partial charge in [0.1, 0.15) is 11.8 Å². The number of nitrogens with zero attached hydrogens (tertiary/aromatic N) is 1. The van der Waals surface area contributed by atoms with Crippen LogP contribution in [0.15, 0.2) is 36.4 Å². The Labute approximate surface area is 114 Å². The van der Waals surface area contributed by atoms with Gasteiger partial charge in [0.15, 0.2) is 0 Å². The van der Waals surface area contributed by atoms with Crippen LogP contribution < -0.4 is 24.0 Å². The van der Waals surface area contributed by atoms with Crippen molar-refractivity contribution in [2.24, 2.45) is 6.26 Å². The Balaban J connectivity index is 0.000000963. The van der Waals surface area contributed by atoms with E-state index in [1.54, 1.807) is 0 Å². The molecule has 1 heterocycles. The summed E-state index contributed by atoms with van der Waals surface area (Å²) in [6, 6.07) is 12.9. The zero-order chi connectivity index (χ0) is 10.4. The molecule has 82 valence electrons. The summed E-state index contributed by atoms with van der Waals surface area (Å²) in [6.07, 6.45) is 2.25. The van der Waals surface area contributed by atoms with Crippen molar-refractivity contribution in [3.05, 3.63) is 41.4 Å². The topological polar surface area (TPSA) is 12.9 Å². The van der Waals surface area contributed by atoms with Gasteiger partial charge in [-0.2, -0.15) is 4.98 Å². The number of thiazole rings is 1. The van der Waals surface area contributed by atoms with Crippen molar-refractivity contribution >= 4 is 31.5 Å². The number of hydrogen-bond donors (Lipinski definition) is 0. The van der Waals surface area contributed by atoms with Crippen molar-refractivity contribution in [2.75, 3.05) is 0 Å². The van der Waals surface area contributed by atoms with E-state index in [0.717, 1.165) is 0 Å². The minimum Gasteiger partial charge on any atom is -1.00 e. The molecule has 1 aromatic heterocycles. The maximum atomic E-state index is 4.69. The molecule has 1 nitrogen and oxygen atoms in total. The van der Waals surface area contributed by atoms with Gasteiger partial charge in [-0.25, -0.2) is 0 Å². The fourth-order valence-corrected chi connectivity index (χ4v) is 3.25. The Bertz CT molecular complexity index is 657. The van der Waals surface area contributed by atoms with Crippen LogP contribution in [0.3, 0.4) is 0 Å². The van der Waals surface area contributed by atoms with E-state index in [4.69, 9.17) is 4.98 Å². The Hall–Kier alpha value is -0.680. The van der Waals surface area contributed by atoms with Gasteiger partial charge in [0, 0.05) is 28.8 Å². The highest BCUT2D eigenvalue weighted by molar-refractivity contribution is 7.35. The van der Waals surface area contributed by atoms with Gasteiger partial charge in [-0.15, -0.1) is 0 Å². The monoisotopic (exact) mass is 341 g/mol. The predicted octanol–water partition coefficient (Wildman–Crippen LogP) is 0.987. The molecule has 0 aliphatic carbocycles. The van der Waals surface area contributed by atoms with E-state index in [1.165, 1.54) is 26.0 Å². The highest BCUT2D eigenvalue weighted by atomic mass is 127. The lowest BCUT2D eigenvalue weighted by molar-refractivity contribution is -0.00000307. The number of hydrogen-bond acceptors (Lipinski definition) is 1. The van der Waals surface area contributed by atoms with Crippen LogP contribution >= 0.6 is 10.5 Å². The zero-order valence-corrected chi connectivity index (χ0v) is 12.2. The molecule has 0 fully saturated rings. The summed E-state index contributed by atoms with van der Waals surface area (Å²) < 4.78 is 1.39. The normalized spacial score (nSPS) is 11.8. The van der Waals surface area contributed by atoms with Crippen LogP contribution in [-0.4, -0.2) is 4.98 Å². The minimum atomic E-state index is 0. The molecule has 2 aromatic carbocycles. The first-order valence-corrected chi connectivity index (χ1v) is 6.63. The summed E-state index contributed by atoms with van der Waals surface area (Å²) in [5.41, 5.74) is 1.19. The lowest BCUT2D eigenvalue weighted by Crippen LogP contribution is -3.00. The molecule has 3 heteroatoms. The van der Waals surface area contributed by atoms with Gasteiger partial charge in [0.05, 0.1) is 0 Å². The van der Waals surface area contributed by atoms with Gasteiger partial charge in [-0.05, 0) is 11.5 Å².